The maximum absolute atomic E-state index is 10.8. The van der Waals surface area contributed by atoms with Crippen LogP contribution >= 0.6 is 0 Å². The van der Waals surface area contributed by atoms with E-state index in [1.165, 1.54) is 6.92 Å². The second kappa shape index (κ2) is 7.58. The maximum atomic E-state index is 10.8. The molecule has 1 saturated heterocycles. The molecule has 1 unspecified atom stereocenters. The van der Waals surface area contributed by atoms with Crippen LogP contribution in [0, 0.1) is 0 Å². The highest BCUT2D eigenvalue weighted by atomic mass is 16.7. The standard InChI is InChI=1S/C14H27N3O7/c1-14(22)4-23-13(10(21)12(14)16-2)24-11-7(17-5-18)3-6(15)8(19)9(11)20/h5-13,16,19-22H,3-4,15H2,1-2H3,(H,17,18)/t6-,7+,8?,9-,10+,11-,12+,13+,14-/m0/s1. The number of nitrogens with one attached hydrogen (secondary N) is 2. The van der Waals surface area contributed by atoms with Crippen LogP contribution in [0.4, 0.5) is 0 Å². The van der Waals surface area contributed by atoms with Crippen LogP contribution in [0.15, 0.2) is 0 Å². The molecule has 2 fully saturated rings. The summed E-state index contributed by atoms with van der Waals surface area (Å²) in [5.41, 5.74) is 4.44. The molecule has 9 atom stereocenters. The first-order valence-electron chi connectivity index (χ1n) is 7.89. The molecular weight excluding hydrogens is 322 g/mol. The van der Waals surface area contributed by atoms with Gasteiger partial charge in [0.1, 0.15) is 23.9 Å². The quantitative estimate of drug-likeness (QED) is 0.245. The molecule has 0 aromatic rings. The second-order valence-electron chi connectivity index (χ2n) is 6.67. The summed E-state index contributed by atoms with van der Waals surface area (Å²) in [5, 5.41) is 46.1. The van der Waals surface area contributed by atoms with Gasteiger partial charge in [-0.3, -0.25) is 4.79 Å². The predicted molar refractivity (Wildman–Crippen MR) is 81.7 cm³/mol. The summed E-state index contributed by atoms with van der Waals surface area (Å²) < 4.78 is 11.0. The van der Waals surface area contributed by atoms with Gasteiger partial charge in [0, 0.05) is 6.04 Å². The molecule has 1 aliphatic heterocycles. The Morgan fingerprint density at radius 1 is 1.29 bits per heavy atom. The molecule has 0 aromatic carbocycles. The van der Waals surface area contributed by atoms with Gasteiger partial charge in [0.05, 0.1) is 24.8 Å². The molecule has 2 rings (SSSR count). The van der Waals surface area contributed by atoms with Gasteiger partial charge in [-0.05, 0) is 20.4 Å². The first-order valence-corrected chi connectivity index (χ1v) is 7.89. The molecule has 140 valence electrons. The topological polar surface area (TPSA) is 167 Å². The number of ether oxygens (including phenoxy) is 2. The van der Waals surface area contributed by atoms with E-state index < -0.39 is 54.4 Å². The van der Waals surface area contributed by atoms with Gasteiger partial charge in [-0.15, -0.1) is 0 Å². The Labute approximate surface area is 139 Å². The van der Waals surface area contributed by atoms with Gasteiger partial charge in [0.25, 0.3) is 0 Å². The van der Waals surface area contributed by atoms with E-state index in [1.807, 2.05) is 0 Å². The molecule has 0 aromatic heterocycles. The average molecular weight is 349 g/mol. The molecule has 1 amide bonds. The van der Waals surface area contributed by atoms with E-state index >= 15 is 0 Å². The number of rotatable bonds is 5. The molecule has 0 bridgehead atoms. The van der Waals surface area contributed by atoms with Crippen molar-refractivity contribution in [1.29, 1.82) is 0 Å². The van der Waals surface area contributed by atoms with E-state index in [9.17, 15) is 25.2 Å². The molecule has 10 nitrogen and oxygen atoms in total. The summed E-state index contributed by atoms with van der Waals surface area (Å²) in [5.74, 6) is 0. The number of likely N-dealkylation sites (N-methyl/N-ethyl adjacent to an activating group) is 1. The fourth-order valence-electron chi connectivity index (χ4n) is 3.40. The highest BCUT2D eigenvalue weighted by Crippen LogP contribution is 2.29. The average Bonchev–Trinajstić information content (AvgIpc) is 2.51. The minimum Gasteiger partial charge on any atom is -0.389 e. The lowest BCUT2D eigenvalue weighted by molar-refractivity contribution is -0.297. The summed E-state index contributed by atoms with van der Waals surface area (Å²) in [6, 6.07) is -2.09. The Hall–Kier alpha value is -0.850. The fourth-order valence-corrected chi connectivity index (χ4v) is 3.40. The lowest BCUT2D eigenvalue weighted by Crippen LogP contribution is -2.68. The number of amides is 1. The van der Waals surface area contributed by atoms with Gasteiger partial charge in [0.15, 0.2) is 6.29 Å². The predicted octanol–water partition coefficient (Wildman–Crippen LogP) is -4.00. The molecule has 8 N–H and O–H groups in total. The molecule has 2 aliphatic rings. The summed E-state index contributed by atoms with van der Waals surface area (Å²) in [6.07, 6.45) is -5.35. The number of nitrogens with two attached hydrogens (primary N) is 1. The zero-order chi connectivity index (χ0) is 18.1. The summed E-state index contributed by atoms with van der Waals surface area (Å²) >= 11 is 0. The number of aliphatic hydroxyl groups excluding tert-OH is 3. The first kappa shape index (κ1) is 19.5. The SMILES string of the molecule is CN[C@@H]1[C@@H](O)[C@@H](O[C@H]2[C@H](NC=O)C[C@H](N)C(O)[C@@H]2O)OC[C@]1(C)O. The largest absolute Gasteiger partial charge is 0.389 e. The summed E-state index contributed by atoms with van der Waals surface area (Å²) in [6.45, 7) is 1.42. The van der Waals surface area contributed by atoms with E-state index in [2.05, 4.69) is 10.6 Å². The van der Waals surface area contributed by atoms with Gasteiger partial charge in [0.2, 0.25) is 6.41 Å². The first-order chi connectivity index (χ1) is 11.2. The van der Waals surface area contributed by atoms with Crippen molar-refractivity contribution in [2.75, 3.05) is 13.7 Å². The molecule has 0 spiro atoms. The van der Waals surface area contributed by atoms with Gasteiger partial charge < -0.3 is 46.3 Å². The summed E-state index contributed by atoms with van der Waals surface area (Å²) in [7, 11) is 1.58. The minimum absolute atomic E-state index is 0.100. The normalized spacial score (nSPS) is 49.6. The number of carbonyl (C=O) groups is 1. The Balaban J connectivity index is 2.13. The molecule has 1 aliphatic carbocycles. The molecule has 1 heterocycles. The Kier molecular flexibility index (Phi) is 6.15. The lowest BCUT2D eigenvalue weighted by Gasteiger charge is -2.47. The van der Waals surface area contributed by atoms with E-state index in [1.54, 1.807) is 7.05 Å². The third-order valence-electron chi connectivity index (χ3n) is 4.76. The van der Waals surface area contributed by atoms with Crippen LogP contribution in [-0.2, 0) is 14.3 Å². The number of aliphatic hydroxyl groups is 4. The highest BCUT2D eigenvalue weighted by Gasteiger charge is 2.50. The van der Waals surface area contributed by atoms with Crippen molar-refractivity contribution >= 4 is 6.41 Å². The van der Waals surface area contributed by atoms with Crippen LogP contribution in [0.3, 0.4) is 0 Å². The Bertz CT molecular complexity index is 439. The number of hydrogen-bond donors (Lipinski definition) is 7. The highest BCUT2D eigenvalue weighted by molar-refractivity contribution is 5.47. The molecule has 1 saturated carbocycles. The van der Waals surface area contributed by atoms with Crippen molar-refractivity contribution in [1.82, 2.24) is 10.6 Å². The third kappa shape index (κ3) is 3.70. The molecule has 0 radical (unpaired) electrons. The van der Waals surface area contributed by atoms with Gasteiger partial charge >= 0.3 is 0 Å². The van der Waals surface area contributed by atoms with E-state index in [-0.39, 0.29) is 13.0 Å². The zero-order valence-corrected chi connectivity index (χ0v) is 13.7. The van der Waals surface area contributed by atoms with Crippen molar-refractivity contribution in [3.8, 4) is 0 Å². The van der Waals surface area contributed by atoms with Crippen LogP contribution in [0.1, 0.15) is 13.3 Å². The summed E-state index contributed by atoms with van der Waals surface area (Å²) in [4.78, 5) is 10.8. The van der Waals surface area contributed by atoms with Crippen LogP contribution in [0.2, 0.25) is 0 Å². The third-order valence-corrected chi connectivity index (χ3v) is 4.76. The maximum Gasteiger partial charge on any atom is 0.207 e. The van der Waals surface area contributed by atoms with E-state index in [0.29, 0.717) is 6.41 Å². The van der Waals surface area contributed by atoms with E-state index in [4.69, 9.17) is 15.2 Å². The molecule has 24 heavy (non-hydrogen) atoms. The zero-order valence-electron chi connectivity index (χ0n) is 13.7. The lowest BCUT2D eigenvalue weighted by atomic mass is 9.84. The van der Waals surface area contributed by atoms with Crippen molar-refractivity contribution in [2.45, 2.75) is 67.8 Å². The van der Waals surface area contributed by atoms with Crippen molar-refractivity contribution < 1.29 is 34.7 Å². The fraction of sp³-hybridized carbons (Fsp3) is 0.929. The smallest absolute Gasteiger partial charge is 0.207 e. The van der Waals surface area contributed by atoms with Crippen LogP contribution in [0.25, 0.3) is 0 Å². The van der Waals surface area contributed by atoms with Gasteiger partial charge in [-0.1, -0.05) is 0 Å². The second-order valence-corrected chi connectivity index (χ2v) is 6.67. The van der Waals surface area contributed by atoms with Crippen LogP contribution in [0.5, 0.6) is 0 Å². The van der Waals surface area contributed by atoms with Crippen molar-refractivity contribution in [3.05, 3.63) is 0 Å². The van der Waals surface area contributed by atoms with E-state index in [0.717, 1.165) is 0 Å². The van der Waals surface area contributed by atoms with Gasteiger partial charge in [-0.25, -0.2) is 0 Å². The number of hydrogen-bond acceptors (Lipinski definition) is 9. The molecule has 10 heteroatoms. The Morgan fingerprint density at radius 2 is 1.96 bits per heavy atom. The number of carbonyl (C=O) groups excluding carboxylic acids is 1. The van der Waals surface area contributed by atoms with Crippen LogP contribution in [-0.4, -0.2) is 94.9 Å². The van der Waals surface area contributed by atoms with Crippen molar-refractivity contribution in [2.24, 2.45) is 5.73 Å². The molecular formula is C14H27N3O7. The van der Waals surface area contributed by atoms with Gasteiger partial charge in [-0.2, -0.15) is 0 Å². The minimum atomic E-state index is -1.36. The monoisotopic (exact) mass is 349 g/mol. The van der Waals surface area contributed by atoms with Crippen molar-refractivity contribution in [3.63, 3.8) is 0 Å². The Morgan fingerprint density at radius 3 is 2.54 bits per heavy atom. The van der Waals surface area contributed by atoms with Crippen LogP contribution < -0.4 is 16.4 Å².